The van der Waals surface area contributed by atoms with E-state index < -0.39 is 0 Å². The minimum absolute atomic E-state index is 0.191. The molecule has 44 heavy (non-hydrogen) atoms. The van der Waals surface area contributed by atoms with Gasteiger partial charge in [-0.2, -0.15) is 0 Å². The van der Waals surface area contributed by atoms with Crippen LogP contribution in [-0.2, 0) is 25.4 Å². The quantitative estimate of drug-likeness (QED) is 0.164. The van der Waals surface area contributed by atoms with Gasteiger partial charge in [0.25, 0.3) is 17.7 Å². The molecule has 0 spiro atoms. The summed E-state index contributed by atoms with van der Waals surface area (Å²) in [5.74, 6) is -0.504. The first kappa shape index (κ1) is 32.6. The Kier molecular flexibility index (Phi) is 11.0. The number of amides is 4. The van der Waals surface area contributed by atoms with E-state index in [4.69, 9.17) is 0 Å². The van der Waals surface area contributed by atoms with Crippen LogP contribution in [0.3, 0.4) is 0 Å². The summed E-state index contributed by atoms with van der Waals surface area (Å²) in [6.45, 7) is 10.6. The topological polar surface area (TPSA) is 138 Å². The Morgan fingerprint density at radius 1 is 0.773 bits per heavy atom. The summed E-state index contributed by atoms with van der Waals surface area (Å²) in [5, 5.41) is 11.3. The molecule has 1 fully saturated rings. The van der Waals surface area contributed by atoms with Crippen molar-refractivity contribution in [2.24, 2.45) is 20.0 Å². The number of hydrogen-bond donors (Lipinski definition) is 4. The van der Waals surface area contributed by atoms with Gasteiger partial charge in [0, 0.05) is 72.0 Å². The molecule has 0 bridgehead atoms. The van der Waals surface area contributed by atoms with Gasteiger partial charge in [-0.15, -0.1) is 0 Å². The van der Waals surface area contributed by atoms with Crippen LogP contribution in [0.5, 0.6) is 0 Å². The maximum absolute atomic E-state index is 13.4. The molecule has 13 heteroatoms. The van der Waals surface area contributed by atoms with Gasteiger partial charge < -0.3 is 44.8 Å². The van der Waals surface area contributed by atoms with E-state index in [2.05, 4.69) is 52.0 Å². The Balaban J connectivity index is 1.39. The van der Waals surface area contributed by atoms with Gasteiger partial charge in [0.15, 0.2) is 0 Å². The van der Waals surface area contributed by atoms with E-state index >= 15 is 0 Å². The lowest BCUT2D eigenvalue weighted by molar-refractivity contribution is -0.105. The van der Waals surface area contributed by atoms with E-state index in [9.17, 15) is 19.2 Å². The maximum atomic E-state index is 13.4. The molecule has 238 valence electrons. The van der Waals surface area contributed by atoms with Crippen molar-refractivity contribution in [3.63, 3.8) is 0 Å². The zero-order valence-electron chi connectivity index (χ0n) is 26.4. The van der Waals surface area contributed by atoms with Gasteiger partial charge in [0.05, 0.1) is 17.1 Å². The molecule has 4 rings (SSSR count). The van der Waals surface area contributed by atoms with Crippen molar-refractivity contribution in [1.82, 2.24) is 28.8 Å². The predicted molar refractivity (Wildman–Crippen MR) is 171 cm³/mol. The Morgan fingerprint density at radius 2 is 1.34 bits per heavy atom. The van der Waals surface area contributed by atoms with E-state index in [0.717, 1.165) is 45.6 Å². The van der Waals surface area contributed by atoms with Crippen molar-refractivity contribution in [3.8, 4) is 0 Å². The van der Waals surface area contributed by atoms with Crippen molar-refractivity contribution < 1.29 is 19.2 Å². The third-order valence-electron chi connectivity index (χ3n) is 7.83. The molecule has 4 N–H and O–H groups in total. The molecule has 0 unspecified atom stereocenters. The van der Waals surface area contributed by atoms with Crippen molar-refractivity contribution >= 4 is 41.2 Å². The normalized spacial score (nSPS) is 14.0. The molecule has 0 aromatic carbocycles. The minimum atomic E-state index is -0.373. The summed E-state index contributed by atoms with van der Waals surface area (Å²) >= 11 is 0. The van der Waals surface area contributed by atoms with Gasteiger partial charge in [-0.3, -0.25) is 19.2 Å². The number of hydrogen-bond acceptors (Lipinski definition) is 6. The number of aryl methyl sites for hydroxylation is 3. The molecule has 4 amide bonds. The van der Waals surface area contributed by atoms with E-state index in [1.807, 2.05) is 4.57 Å². The Hall–Kier alpha value is -4.36. The number of aromatic nitrogens is 3. The number of rotatable bonds is 14. The first-order chi connectivity index (χ1) is 21.0. The summed E-state index contributed by atoms with van der Waals surface area (Å²) in [6.07, 6.45) is 7.35. The molecule has 4 heterocycles. The lowest BCUT2D eigenvalue weighted by atomic mass is 10.1. The fourth-order valence-corrected chi connectivity index (χ4v) is 5.20. The summed E-state index contributed by atoms with van der Waals surface area (Å²) < 4.78 is 5.13. The lowest BCUT2D eigenvalue weighted by Crippen LogP contribution is -2.45. The number of nitrogens with one attached hydrogen (secondary N) is 4. The highest BCUT2D eigenvalue weighted by Gasteiger charge is 2.20. The lowest BCUT2D eigenvalue weighted by Gasteiger charge is -2.32. The Bertz CT molecular complexity index is 1460. The van der Waals surface area contributed by atoms with Crippen LogP contribution in [0.2, 0.25) is 0 Å². The van der Waals surface area contributed by atoms with Crippen molar-refractivity contribution in [2.75, 3.05) is 62.3 Å². The molecule has 1 aliphatic heterocycles. The molecular formula is C31H45N9O4. The second-order valence-corrected chi connectivity index (χ2v) is 11.9. The average Bonchev–Trinajstić information content (AvgIpc) is 3.67. The van der Waals surface area contributed by atoms with E-state index in [-0.39, 0.29) is 17.7 Å². The van der Waals surface area contributed by atoms with Gasteiger partial charge >= 0.3 is 0 Å². The predicted octanol–water partition coefficient (Wildman–Crippen LogP) is 2.65. The molecule has 3 aromatic rings. The van der Waals surface area contributed by atoms with E-state index in [1.165, 1.54) is 0 Å². The molecule has 13 nitrogen and oxygen atoms in total. The van der Waals surface area contributed by atoms with Crippen LogP contribution in [-0.4, -0.2) is 93.9 Å². The Morgan fingerprint density at radius 3 is 2.00 bits per heavy atom. The molecule has 0 aliphatic carbocycles. The van der Waals surface area contributed by atoms with Crippen LogP contribution in [0.15, 0.2) is 36.8 Å². The SMILES string of the molecule is CC(C)CCn1cc(NC(=O)c2cc(NC=O)cn2C)cc1C(=O)Nc1cc(C(=O)NCCCN2CCN(C)CC2)n(C)c1. The zero-order chi connectivity index (χ0) is 31.8. The van der Waals surface area contributed by atoms with Gasteiger partial charge in [0.1, 0.15) is 17.1 Å². The number of nitrogens with zero attached hydrogens (tertiary/aromatic N) is 5. The van der Waals surface area contributed by atoms with Gasteiger partial charge in [-0.05, 0) is 50.6 Å². The van der Waals surface area contributed by atoms with Crippen LogP contribution in [0.4, 0.5) is 17.1 Å². The molecule has 0 atom stereocenters. The maximum Gasteiger partial charge on any atom is 0.272 e. The fourth-order valence-electron chi connectivity index (χ4n) is 5.20. The number of piperazine rings is 1. The van der Waals surface area contributed by atoms with Crippen molar-refractivity contribution in [2.45, 2.75) is 33.2 Å². The van der Waals surface area contributed by atoms with E-state index in [1.54, 1.807) is 60.0 Å². The molecule has 1 saturated heterocycles. The first-order valence-corrected chi connectivity index (χ1v) is 15.1. The van der Waals surface area contributed by atoms with Crippen molar-refractivity contribution in [3.05, 3.63) is 53.9 Å². The molecular weight excluding hydrogens is 562 g/mol. The van der Waals surface area contributed by atoms with Gasteiger partial charge in [-0.25, -0.2) is 0 Å². The van der Waals surface area contributed by atoms with Crippen LogP contribution in [0.1, 0.15) is 58.2 Å². The van der Waals surface area contributed by atoms with Crippen molar-refractivity contribution in [1.29, 1.82) is 0 Å². The summed E-state index contributed by atoms with van der Waals surface area (Å²) in [7, 11) is 5.61. The average molecular weight is 608 g/mol. The molecule has 0 radical (unpaired) electrons. The van der Waals surface area contributed by atoms with Crippen LogP contribution in [0.25, 0.3) is 0 Å². The summed E-state index contributed by atoms with van der Waals surface area (Å²) in [5.41, 5.74) is 2.67. The third-order valence-corrected chi connectivity index (χ3v) is 7.83. The van der Waals surface area contributed by atoms with Crippen LogP contribution in [0, 0.1) is 5.92 Å². The molecule has 0 saturated carbocycles. The number of carbonyl (C=O) groups excluding carboxylic acids is 4. The zero-order valence-corrected chi connectivity index (χ0v) is 26.4. The summed E-state index contributed by atoms with van der Waals surface area (Å²) in [4.78, 5) is 54.8. The highest BCUT2D eigenvalue weighted by Crippen LogP contribution is 2.21. The largest absolute Gasteiger partial charge is 0.351 e. The molecule has 1 aliphatic rings. The van der Waals surface area contributed by atoms with Crippen LogP contribution >= 0.6 is 0 Å². The van der Waals surface area contributed by atoms with Crippen LogP contribution < -0.4 is 21.3 Å². The fraction of sp³-hybridized carbons (Fsp3) is 0.484. The standard InChI is InChI=1S/C31H45N9O4/c1-22(2)7-10-40-20-25(35-30(43)27-15-23(33-21-41)18-37(27)4)17-28(40)31(44)34-24-16-26(38(5)19-24)29(42)32-8-6-9-39-13-11-36(3)12-14-39/h15-22H,6-14H2,1-5H3,(H,32,42)(H,33,41)(H,34,44)(H,35,43). The van der Waals surface area contributed by atoms with E-state index in [0.29, 0.717) is 59.6 Å². The van der Waals surface area contributed by atoms with Gasteiger partial charge in [-0.1, -0.05) is 13.8 Å². The highest BCUT2D eigenvalue weighted by atomic mass is 16.2. The molecule has 3 aromatic heterocycles. The number of anilines is 3. The summed E-state index contributed by atoms with van der Waals surface area (Å²) in [6, 6.07) is 4.87. The minimum Gasteiger partial charge on any atom is -0.351 e. The third kappa shape index (κ3) is 8.60. The Labute approximate surface area is 258 Å². The second-order valence-electron chi connectivity index (χ2n) is 11.9. The monoisotopic (exact) mass is 607 g/mol. The first-order valence-electron chi connectivity index (χ1n) is 15.1. The van der Waals surface area contributed by atoms with Gasteiger partial charge in [0.2, 0.25) is 6.41 Å². The second kappa shape index (κ2) is 14.9. The number of likely N-dealkylation sites (N-methyl/N-ethyl adjacent to an activating group) is 1. The highest BCUT2D eigenvalue weighted by molar-refractivity contribution is 6.07. The smallest absolute Gasteiger partial charge is 0.272 e. The number of carbonyl (C=O) groups is 4.